The fourth-order valence-corrected chi connectivity index (χ4v) is 3.09. The maximum Gasteiger partial charge on any atom is 0.305 e. The molecular weight excluding hydrogens is 220 g/mol. The van der Waals surface area contributed by atoms with Gasteiger partial charge in [-0.1, -0.05) is 6.92 Å². The Kier molecular flexibility index (Phi) is 2.76. The lowest BCUT2D eigenvalue weighted by molar-refractivity contribution is -0.141. The summed E-state index contributed by atoms with van der Waals surface area (Å²) in [5.41, 5.74) is 0.634. The fourth-order valence-electron chi connectivity index (χ4n) is 3.09. The third kappa shape index (κ3) is 1.75. The number of carbonyl (C=O) groups is 2. The molecule has 0 aromatic heterocycles. The molecule has 1 saturated carbocycles. The molecule has 4 nitrogen and oxygen atoms in total. The van der Waals surface area contributed by atoms with Gasteiger partial charge in [0.25, 0.3) is 0 Å². The number of allylic oxidation sites excluding steroid dienone is 2. The highest BCUT2D eigenvalue weighted by molar-refractivity contribution is 5.99. The zero-order valence-electron chi connectivity index (χ0n) is 10.4. The number of Topliss-reactive ketones (excluding diaryl/α,β-unsaturated/α-hetero) is 1. The molecule has 0 unspecified atom stereocenters. The van der Waals surface area contributed by atoms with E-state index in [0.29, 0.717) is 12.8 Å². The molecular formula is C13H18O4. The van der Waals surface area contributed by atoms with E-state index in [-0.39, 0.29) is 34.8 Å². The summed E-state index contributed by atoms with van der Waals surface area (Å²) < 4.78 is 4.61. The van der Waals surface area contributed by atoms with Crippen molar-refractivity contribution in [1.82, 2.24) is 0 Å². The SMILES string of the molecule is COC(=O)CC[C@@]1(C)[C@@H]2CC(C)=C(O)C(=O)[C@@H]21. The summed E-state index contributed by atoms with van der Waals surface area (Å²) >= 11 is 0. The third-order valence-electron chi connectivity index (χ3n) is 4.39. The monoisotopic (exact) mass is 238 g/mol. The minimum absolute atomic E-state index is 0.0620. The number of aliphatic hydroxyl groups excluding tert-OH is 1. The first kappa shape index (κ1) is 12.1. The number of hydrogen-bond acceptors (Lipinski definition) is 4. The van der Waals surface area contributed by atoms with Crippen LogP contribution in [0.5, 0.6) is 0 Å². The molecule has 17 heavy (non-hydrogen) atoms. The lowest BCUT2D eigenvalue weighted by Gasteiger charge is -2.09. The van der Waals surface area contributed by atoms with Crippen molar-refractivity contribution < 1.29 is 19.4 Å². The summed E-state index contributed by atoms with van der Waals surface area (Å²) in [6.07, 6.45) is 1.76. The van der Waals surface area contributed by atoms with Crippen LogP contribution >= 0.6 is 0 Å². The van der Waals surface area contributed by atoms with Gasteiger partial charge in [-0.15, -0.1) is 0 Å². The first-order chi connectivity index (χ1) is 7.91. The van der Waals surface area contributed by atoms with E-state index in [4.69, 9.17) is 0 Å². The van der Waals surface area contributed by atoms with Gasteiger partial charge in [0.05, 0.1) is 7.11 Å². The van der Waals surface area contributed by atoms with Crippen LogP contribution in [0.2, 0.25) is 0 Å². The Morgan fingerprint density at radius 2 is 2.24 bits per heavy atom. The average molecular weight is 238 g/mol. The van der Waals surface area contributed by atoms with Gasteiger partial charge in [-0.2, -0.15) is 0 Å². The van der Waals surface area contributed by atoms with Gasteiger partial charge in [-0.05, 0) is 36.7 Å². The van der Waals surface area contributed by atoms with Crippen molar-refractivity contribution in [2.75, 3.05) is 7.11 Å². The van der Waals surface area contributed by atoms with E-state index in [9.17, 15) is 14.7 Å². The molecule has 0 amide bonds. The lowest BCUT2D eigenvalue weighted by Crippen LogP contribution is -2.14. The smallest absolute Gasteiger partial charge is 0.305 e. The number of methoxy groups -OCH3 is 1. The minimum Gasteiger partial charge on any atom is -0.504 e. The molecule has 0 radical (unpaired) electrons. The molecule has 3 atom stereocenters. The molecule has 94 valence electrons. The number of rotatable bonds is 3. The van der Waals surface area contributed by atoms with E-state index in [2.05, 4.69) is 4.74 Å². The molecule has 0 bridgehead atoms. The third-order valence-corrected chi connectivity index (χ3v) is 4.39. The molecule has 0 aromatic rings. The Morgan fingerprint density at radius 3 is 2.82 bits per heavy atom. The molecule has 0 saturated heterocycles. The molecule has 2 aliphatic rings. The van der Waals surface area contributed by atoms with E-state index in [1.54, 1.807) is 6.92 Å². The van der Waals surface area contributed by atoms with E-state index in [0.717, 1.165) is 12.0 Å². The van der Waals surface area contributed by atoms with Gasteiger partial charge >= 0.3 is 5.97 Å². The number of aliphatic hydroxyl groups is 1. The molecule has 4 heteroatoms. The van der Waals surface area contributed by atoms with Crippen LogP contribution < -0.4 is 0 Å². The molecule has 2 rings (SSSR count). The number of fused-ring (bicyclic) bond motifs is 1. The highest BCUT2D eigenvalue weighted by atomic mass is 16.5. The molecule has 0 aliphatic heterocycles. The Balaban J connectivity index is 2.04. The van der Waals surface area contributed by atoms with Crippen LogP contribution in [-0.2, 0) is 14.3 Å². The molecule has 1 fully saturated rings. The topological polar surface area (TPSA) is 63.6 Å². The van der Waals surface area contributed by atoms with Gasteiger partial charge < -0.3 is 9.84 Å². The summed E-state index contributed by atoms with van der Waals surface area (Å²) in [6.45, 7) is 3.82. The van der Waals surface area contributed by atoms with Crippen molar-refractivity contribution in [2.45, 2.75) is 33.1 Å². The summed E-state index contributed by atoms with van der Waals surface area (Å²) in [5, 5.41) is 9.64. The highest BCUT2D eigenvalue weighted by Crippen LogP contribution is 2.66. The maximum absolute atomic E-state index is 11.9. The summed E-state index contributed by atoms with van der Waals surface area (Å²) in [7, 11) is 1.37. The van der Waals surface area contributed by atoms with Gasteiger partial charge in [0, 0.05) is 12.3 Å². The van der Waals surface area contributed by atoms with Crippen LogP contribution in [0.15, 0.2) is 11.3 Å². The van der Waals surface area contributed by atoms with Crippen molar-refractivity contribution in [3.63, 3.8) is 0 Å². The fraction of sp³-hybridized carbons (Fsp3) is 0.692. The predicted octanol–water partition coefficient (Wildman–Crippen LogP) is 2.00. The Labute approximate surface area is 101 Å². The summed E-state index contributed by atoms with van der Waals surface area (Å²) in [4.78, 5) is 23.0. The molecule has 1 N–H and O–H groups in total. The largest absolute Gasteiger partial charge is 0.504 e. The van der Waals surface area contributed by atoms with Gasteiger partial charge in [0.15, 0.2) is 5.76 Å². The van der Waals surface area contributed by atoms with Gasteiger partial charge in [0.1, 0.15) is 0 Å². The van der Waals surface area contributed by atoms with Crippen molar-refractivity contribution in [1.29, 1.82) is 0 Å². The molecule has 0 spiro atoms. The van der Waals surface area contributed by atoms with Gasteiger partial charge in [-0.25, -0.2) is 0 Å². The second-order valence-corrected chi connectivity index (χ2v) is 5.36. The Morgan fingerprint density at radius 1 is 1.59 bits per heavy atom. The first-order valence-electron chi connectivity index (χ1n) is 5.91. The van der Waals surface area contributed by atoms with Crippen molar-refractivity contribution in [3.8, 4) is 0 Å². The first-order valence-corrected chi connectivity index (χ1v) is 5.91. The number of hydrogen-bond donors (Lipinski definition) is 1. The van der Waals surface area contributed by atoms with Crippen molar-refractivity contribution >= 4 is 11.8 Å². The van der Waals surface area contributed by atoms with E-state index < -0.39 is 0 Å². The van der Waals surface area contributed by atoms with Crippen LogP contribution in [-0.4, -0.2) is 24.0 Å². The van der Waals surface area contributed by atoms with Crippen LogP contribution in [0.1, 0.15) is 33.1 Å². The standard InChI is InChI=1S/C13H18O4/c1-7-6-8-10(12(16)11(7)15)13(8,2)5-4-9(14)17-3/h8,10,15H,4-6H2,1-3H3/t8-,10-,13+/m1/s1. The number of carbonyl (C=O) groups excluding carboxylic acids is 2. The summed E-state index contributed by atoms with van der Waals surface area (Å²) in [5.74, 6) is -0.262. The van der Waals surface area contributed by atoms with Crippen LogP contribution in [0, 0.1) is 17.3 Å². The van der Waals surface area contributed by atoms with Crippen LogP contribution in [0.3, 0.4) is 0 Å². The van der Waals surface area contributed by atoms with E-state index >= 15 is 0 Å². The molecule has 0 heterocycles. The van der Waals surface area contributed by atoms with E-state index in [1.165, 1.54) is 7.11 Å². The van der Waals surface area contributed by atoms with Gasteiger partial charge in [0.2, 0.25) is 5.78 Å². The van der Waals surface area contributed by atoms with Gasteiger partial charge in [-0.3, -0.25) is 9.59 Å². The second-order valence-electron chi connectivity index (χ2n) is 5.36. The number of ketones is 1. The zero-order valence-corrected chi connectivity index (χ0v) is 10.4. The quantitative estimate of drug-likeness (QED) is 0.764. The number of ether oxygens (including phenoxy) is 1. The zero-order chi connectivity index (χ0) is 12.8. The summed E-state index contributed by atoms with van der Waals surface area (Å²) in [6, 6.07) is 0. The molecule has 2 aliphatic carbocycles. The van der Waals surface area contributed by atoms with E-state index in [1.807, 2.05) is 6.92 Å². The second kappa shape index (κ2) is 3.86. The van der Waals surface area contributed by atoms with Crippen LogP contribution in [0.4, 0.5) is 0 Å². The normalized spacial score (nSPS) is 35.6. The Bertz CT molecular complexity index is 410. The average Bonchev–Trinajstić information content (AvgIpc) is 2.89. The maximum atomic E-state index is 11.9. The predicted molar refractivity (Wildman–Crippen MR) is 61.3 cm³/mol. The lowest BCUT2D eigenvalue weighted by atomic mass is 9.97. The van der Waals surface area contributed by atoms with Crippen molar-refractivity contribution in [2.24, 2.45) is 17.3 Å². The number of esters is 1. The van der Waals surface area contributed by atoms with Crippen molar-refractivity contribution in [3.05, 3.63) is 11.3 Å². The van der Waals surface area contributed by atoms with Crippen LogP contribution in [0.25, 0.3) is 0 Å². The minimum atomic E-state index is -0.240. The molecule has 0 aromatic carbocycles. The highest BCUT2D eigenvalue weighted by Gasteiger charge is 2.66. The Hall–Kier alpha value is -1.32.